The quantitative estimate of drug-likeness (QED) is 0.191. The number of phenolic OH excluding ortho intramolecular Hbond substituents is 1. The van der Waals surface area contributed by atoms with Crippen molar-refractivity contribution < 1.29 is 30.9 Å². The molecule has 1 unspecified atom stereocenters. The summed E-state index contributed by atoms with van der Waals surface area (Å²) < 4.78 is 0. The Morgan fingerprint density at radius 3 is 1.74 bits per heavy atom. The van der Waals surface area contributed by atoms with E-state index in [1.54, 1.807) is 45.6 Å². The van der Waals surface area contributed by atoms with Crippen molar-refractivity contribution >= 4 is 17.0 Å². The summed E-state index contributed by atoms with van der Waals surface area (Å²) in [5.74, 6) is 0.968. The zero-order chi connectivity index (χ0) is 30.7. The molecule has 3 aromatic carbocycles. The smallest absolute Gasteiger partial charge is 0.125 e. The van der Waals surface area contributed by atoms with Crippen LogP contribution in [-0.4, -0.2) is 38.3 Å². The van der Waals surface area contributed by atoms with Crippen LogP contribution >= 0.6 is 11.3 Å². The number of para-hydroxylation sites is 2. The molecule has 0 saturated heterocycles. The van der Waals surface area contributed by atoms with Gasteiger partial charge >= 0.3 is 0 Å². The second-order valence-corrected chi connectivity index (χ2v) is 11.8. The molecule has 0 radical (unpaired) electrons. The minimum Gasteiger partial charge on any atom is -0.672 e. The van der Waals surface area contributed by atoms with E-state index in [0.717, 1.165) is 22.0 Å². The molecule has 7 heteroatoms. The minimum absolute atomic E-state index is 0. The number of aromatic hydroxyl groups is 1. The van der Waals surface area contributed by atoms with E-state index in [1.165, 1.54) is 33.4 Å². The van der Waals surface area contributed by atoms with Gasteiger partial charge in [-0.2, -0.15) is 28.2 Å². The molecule has 0 aliphatic rings. The van der Waals surface area contributed by atoms with Crippen molar-refractivity contribution in [1.29, 1.82) is 0 Å². The molecule has 1 heterocycles. The predicted octanol–water partition coefficient (Wildman–Crippen LogP) is 10.7. The third-order valence-corrected chi connectivity index (χ3v) is 7.45. The van der Waals surface area contributed by atoms with Gasteiger partial charge in [-0.05, 0) is 67.5 Å². The van der Waals surface area contributed by atoms with Crippen LogP contribution in [-0.2, 0) is 25.8 Å². The first kappa shape index (κ1) is 37.7. The van der Waals surface area contributed by atoms with Gasteiger partial charge in [-0.1, -0.05) is 86.8 Å². The Bertz CT molecular complexity index is 1330. The van der Waals surface area contributed by atoms with Gasteiger partial charge in [-0.25, -0.2) is 4.98 Å². The fourth-order valence-corrected chi connectivity index (χ4v) is 5.75. The Morgan fingerprint density at radius 1 is 0.762 bits per heavy atom. The topological polar surface area (TPSA) is 75.4 Å². The molecule has 0 spiro atoms. The Labute approximate surface area is 277 Å². The number of rotatable bonds is 7. The number of aryl methyl sites for hydroxylation is 3. The summed E-state index contributed by atoms with van der Waals surface area (Å²) in [7, 11) is 7.00. The summed E-state index contributed by atoms with van der Waals surface area (Å²) in [6.45, 7) is 15.4. The third-order valence-electron chi connectivity index (χ3n) is 6.55. The van der Waals surface area contributed by atoms with E-state index in [4.69, 9.17) is 10.3 Å². The minimum atomic E-state index is -0.224. The summed E-state index contributed by atoms with van der Waals surface area (Å²) in [5, 5.41) is 25.9. The molecule has 1 atom stereocenters. The Kier molecular flexibility index (Phi) is 16.5. The summed E-state index contributed by atoms with van der Waals surface area (Å²) in [4.78, 5) is 5.03. The molecule has 0 bridgehead atoms. The van der Waals surface area contributed by atoms with Gasteiger partial charge in [0.1, 0.15) is 5.75 Å². The van der Waals surface area contributed by atoms with Gasteiger partial charge in [0.2, 0.25) is 0 Å². The van der Waals surface area contributed by atoms with Crippen LogP contribution in [0.5, 0.6) is 5.75 Å². The average Bonchev–Trinajstić information content (AvgIpc) is 3.38. The monoisotopic (exact) mass is 751 g/mol. The van der Waals surface area contributed by atoms with E-state index in [0.29, 0.717) is 11.8 Å². The largest absolute Gasteiger partial charge is 0.672 e. The number of hydrogen-bond donors (Lipinski definition) is 1. The molecule has 226 valence electrons. The standard InChI is InChI=1S/C31H35N2OS.2C2H6N.Hf/c1-18(2)23-12-10-13-24(19(3)4)29(23)33-30(28-21(6)15-20(5)16-22(28)7)31-32-26(17-35-31)25-11-8-9-14-27(25)34;2*1-3-2;/h8-19,30,34H,1-7H3;2*1-2H3;/q3*-1;. The number of benzene rings is 3. The first-order chi connectivity index (χ1) is 19.5. The number of nitrogens with zero attached hydrogens (tertiary/aromatic N) is 4. The SMILES string of the molecule is C[N-]C.C[N-]C.Cc1cc(C)c(C([N-]c2c(C(C)C)cccc2C(C)C)c2nc(-c3ccccc3O)cs2)c(C)c1.[Hf]. The maximum atomic E-state index is 10.4. The summed E-state index contributed by atoms with van der Waals surface area (Å²) in [5.41, 5.74) is 10.1. The van der Waals surface area contributed by atoms with Crippen LogP contribution in [0.3, 0.4) is 0 Å². The molecule has 1 N–H and O–H groups in total. The Morgan fingerprint density at radius 2 is 1.26 bits per heavy atom. The van der Waals surface area contributed by atoms with Crippen molar-refractivity contribution in [2.45, 2.75) is 66.3 Å². The second-order valence-electron chi connectivity index (χ2n) is 10.9. The van der Waals surface area contributed by atoms with Crippen LogP contribution in [0.2, 0.25) is 0 Å². The molecule has 5 nitrogen and oxygen atoms in total. The van der Waals surface area contributed by atoms with Crippen LogP contribution in [0, 0.1) is 20.8 Å². The molecule has 4 rings (SSSR count). The molecule has 4 aromatic rings. The average molecular weight is 750 g/mol. The maximum absolute atomic E-state index is 10.4. The summed E-state index contributed by atoms with van der Waals surface area (Å²) in [6, 6.07) is 18.2. The van der Waals surface area contributed by atoms with Gasteiger partial charge in [0, 0.05) is 36.8 Å². The molecule has 0 fully saturated rings. The maximum Gasteiger partial charge on any atom is 0.125 e. The van der Waals surface area contributed by atoms with Crippen molar-refractivity contribution in [2.24, 2.45) is 0 Å². The van der Waals surface area contributed by atoms with E-state index < -0.39 is 0 Å². The van der Waals surface area contributed by atoms with E-state index >= 15 is 0 Å². The van der Waals surface area contributed by atoms with Gasteiger partial charge in [0.25, 0.3) is 0 Å². The van der Waals surface area contributed by atoms with Crippen LogP contribution in [0.1, 0.15) is 84.0 Å². The fraction of sp³-hybridized carbons (Fsp3) is 0.400. The second kappa shape index (κ2) is 18.4. The van der Waals surface area contributed by atoms with Crippen molar-refractivity contribution in [3.63, 3.8) is 0 Å². The molecule has 0 amide bonds. The molecular weight excluding hydrogens is 703 g/mol. The van der Waals surface area contributed by atoms with Gasteiger partial charge in [0.15, 0.2) is 0 Å². The van der Waals surface area contributed by atoms with E-state index in [9.17, 15) is 5.11 Å². The van der Waals surface area contributed by atoms with Crippen LogP contribution < -0.4 is 0 Å². The number of aromatic nitrogens is 1. The zero-order valence-electron chi connectivity index (χ0n) is 27.1. The van der Waals surface area contributed by atoms with Crippen LogP contribution in [0.4, 0.5) is 5.69 Å². The van der Waals surface area contributed by atoms with E-state index in [1.807, 2.05) is 23.6 Å². The van der Waals surface area contributed by atoms with Crippen molar-refractivity contribution in [1.82, 2.24) is 4.98 Å². The van der Waals surface area contributed by atoms with Gasteiger partial charge in [0.05, 0.1) is 10.7 Å². The van der Waals surface area contributed by atoms with Gasteiger partial charge in [-0.3, -0.25) is 0 Å². The molecule has 0 aliphatic carbocycles. The van der Waals surface area contributed by atoms with Crippen molar-refractivity contribution in [3.8, 4) is 17.0 Å². The van der Waals surface area contributed by atoms with Crippen LogP contribution in [0.25, 0.3) is 27.2 Å². The number of phenols is 1. The molecular formula is C35H47HfN4OS-3. The van der Waals surface area contributed by atoms with E-state index in [-0.39, 0.29) is 37.6 Å². The molecule has 0 aliphatic heterocycles. The zero-order valence-corrected chi connectivity index (χ0v) is 31.6. The molecule has 1 aromatic heterocycles. The Hall–Kier alpha value is -2.32. The van der Waals surface area contributed by atoms with Crippen molar-refractivity contribution in [2.75, 3.05) is 28.2 Å². The van der Waals surface area contributed by atoms with Crippen molar-refractivity contribution in [3.05, 3.63) is 114 Å². The fourth-order valence-electron chi connectivity index (χ4n) is 4.88. The summed E-state index contributed by atoms with van der Waals surface area (Å²) in [6.07, 6.45) is 0. The third kappa shape index (κ3) is 9.87. The summed E-state index contributed by atoms with van der Waals surface area (Å²) >= 11 is 1.61. The molecule has 42 heavy (non-hydrogen) atoms. The Balaban J connectivity index is 0.00000116. The number of thiazole rings is 1. The normalized spacial score (nSPS) is 11.2. The van der Waals surface area contributed by atoms with E-state index in [2.05, 4.69) is 89.4 Å². The predicted molar refractivity (Wildman–Crippen MR) is 180 cm³/mol. The van der Waals surface area contributed by atoms with Crippen LogP contribution in [0.15, 0.2) is 60.0 Å². The first-order valence-electron chi connectivity index (χ1n) is 14.1. The van der Waals surface area contributed by atoms with Gasteiger partial charge < -0.3 is 21.1 Å². The molecule has 0 saturated carbocycles. The van der Waals surface area contributed by atoms with Gasteiger partial charge in [-0.15, -0.1) is 17.0 Å². The number of hydrogen-bond acceptors (Lipinski definition) is 3. The first-order valence-corrected chi connectivity index (χ1v) is 15.0.